The maximum Gasteiger partial charge on any atom is 0.226 e. The molecule has 0 spiro atoms. The number of para-hydroxylation sites is 1. The first-order valence-electron chi connectivity index (χ1n) is 11.0. The van der Waals surface area contributed by atoms with E-state index in [4.69, 9.17) is 19.3 Å². The second-order valence-electron chi connectivity index (χ2n) is 7.97. The van der Waals surface area contributed by atoms with Gasteiger partial charge in [-0.3, -0.25) is 4.79 Å². The van der Waals surface area contributed by atoms with Gasteiger partial charge in [-0.2, -0.15) is 5.10 Å². The summed E-state index contributed by atoms with van der Waals surface area (Å²) in [6.45, 7) is 0. The Bertz CT molecular complexity index is 1330. The molecule has 4 aromatic rings. The lowest BCUT2D eigenvalue weighted by molar-refractivity contribution is -0.116. The topological polar surface area (TPSA) is 74.6 Å². The van der Waals surface area contributed by atoms with E-state index in [1.807, 2.05) is 72.8 Å². The fraction of sp³-hybridized carbons (Fsp3) is 0.185. The molecule has 1 aromatic heterocycles. The number of nitrogens with zero attached hydrogens (tertiary/aromatic N) is 2. The number of aromatic nitrogens is 2. The monoisotopic (exact) mass is 455 g/mol. The maximum atomic E-state index is 12.9. The van der Waals surface area contributed by atoms with Gasteiger partial charge in [0.25, 0.3) is 0 Å². The average molecular weight is 456 g/mol. The van der Waals surface area contributed by atoms with E-state index in [1.54, 1.807) is 26.0 Å². The number of hydrogen-bond donors (Lipinski definition) is 1. The SMILES string of the molecule is COc1ccc(-n2nc(-c3ccccc3)c3c2NC(=O)C[C@H]3c2cccc(OC)c2OC)cc1. The van der Waals surface area contributed by atoms with Crippen LogP contribution in [0.3, 0.4) is 0 Å². The summed E-state index contributed by atoms with van der Waals surface area (Å²) >= 11 is 0. The Labute approximate surface area is 197 Å². The van der Waals surface area contributed by atoms with Crippen molar-refractivity contribution >= 4 is 11.7 Å². The number of nitrogens with one attached hydrogen (secondary N) is 1. The lowest BCUT2D eigenvalue weighted by Gasteiger charge is -2.26. The molecule has 3 aromatic carbocycles. The van der Waals surface area contributed by atoms with Crippen LogP contribution in [0.15, 0.2) is 72.8 Å². The zero-order chi connectivity index (χ0) is 23.7. The Balaban J connectivity index is 1.77. The summed E-state index contributed by atoms with van der Waals surface area (Å²) < 4.78 is 18.4. The molecule has 0 unspecified atom stereocenters. The molecule has 5 rings (SSSR count). The van der Waals surface area contributed by atoms with E-state index in [-0.39, 0.29) is 18.2 Å². The van der Waals surface area contributed by atoms with E-state index in [2.05, 4.69) is 5.32 Å². The fourth-order valence-corrected chi connectivity index (χ4v) is 4.52. The third-order valence-electron chi connectivity index (χ3n) is 6.09. The number of methoxy groups -OCH3 is 3. The quantitative estimate of drug-likeness (QED) is 0.441. The zero-order valence-electron chi connectivity index (χ0n) is 19.2. The van der Waals surface area contributed by atoms with Crippen LogP contribution in [-0.4, -0.2) is 37.0 Å². The summed E-state index contributed by atoms with van der Waals surface area (Å²) in [7, 11) is 4.85. The molecule has 1 atom stereocenters. The Kier molecular flexibility index (Phi) is 5.67. The van der Waals surface area contributed by atoms with E-state index in [9.17, 15) is 4.79 Å². The Morgan fingerprint density at radius 1 is 0.882 bits per heavy atom. The summed E-state index contributed by atoms with van der Waals surface area (Å²) in [6, 6.07) is 23.3. The first-order valence-corrected chi connectivity index (χ1v) is 11.0. The summed E-state index contributed by atoms with van der Waals surface area (Å²) in [5.41, 5.74) is 4.41. The highest BCUT2D eigenvalue weighted by molar-refractivity contribution is 5.97. The molecule has 7 heteroatoms. The van der Waals surface area contributed by atoms with Crippen LogP contribution in [-0.2, 0) is 4.79 Å². The molecular formula is C27H25N3O4. The van der Waals surface area contributed by atoms with Gasteiger partial charge in [0.1, 0.15) is 11.6 Å². The molecule has 1 amide bonds. The number of hydrogen-bond acceptors (Lipinski definition) is 5. The standard InChI is InChI=1S/C27H25N3O4/c1-32-19-14-12-18(13-15-19)30-27-24(25(29-30)17-8-5-4-6-9-17)21(16-23(31)28-27)20-10-7-11-22(33-2)26(20)34-3/h4-15,21H,16H2,1-3H3,(H,28,31)/t21-/m0/s1. The molecule has 0 fully saturated rings. The number of carbonyl (C=O) groups excluding carboxylic acids is 1. The van der Waals surface area contributed by atoms with Crippen LogP contribution in [0, 0.1) is 0 Å². The molecule has 1 aliphatic heterocycles. The van der Waals surface area contributed by atoms with Crippen molar-refractivity contribution in [1.82, 2.24) is 9.78 Å². The third-order valence-corrected chi connectivity index (χ3v) is 6.09. The number of benzene rings is 3. The molecule has 0 saturated heterocycles. The first kappa shape index (κ1) is 21.6. The Hall–Kier alpha value is -4.26. The van der Waals surface area contributed by atoms with Crippen molar-refractivity contribution < 1.29 is 19.0 Å². The second-order valence-corrected chi connectivity index (χ2v) is 7.97. The molecule has 0 bridgehead atoms. The van der Waals surface area contributed by atoms with Crippen molar-refractivity contribution in [3.63, 3.8) is 0 Å². The van der Waals surface area contributed by atoms with Gasteiger partial charge in [-0.25, -0.2) is 4.68 Å². The number of anilines is 1. The summed E-state index contributed by atoms with van der Waals surface area (Å²) in [6.07, 6.45) is 0.269. The van der Waals surface area contributed by atoms with E-state index in [0.717, 1.165) is 33.8 Å². The summed E-state index contributed by atoms with van der Waals surface area (Å²) in [5, 5.41) is 8.05. The summed E-state index contributed by atoms with van der Waals surface area (Å²) in [4.78, 5) is 12.9. The van der Waals surface area contributed by atoms with Gasteiger partial charge in [-0.05, 0) is 30.3 Å². The highest BCUT2D eigenvalue weighted by Gasteiger charge is 2.36. The van der Waals surface area contributed by atoms with Crippen LogP contribution in [0.5, 0.6) is 17.2 Å². The van der Waals surface area contributed by atoms with Gasteiger partial charge in [0, 0.05) is 29.0 Å². The molecular weight excluding hydrogens is 430 g/mol. The lowest BCUT2D eigenvalue weighted by atomic mass is 9.83. The number of amides is 1. The van der Waals surface area contributed by atoms with E-state index in [0.29, 0.717) is 17.3 Å². The van der Waals surface area contributed by atoms with Crippen molar-refractivity contribution in [2.75, 3.05) is 26.6 Å². The first-order chi connectivity index (χ1) is 16.6. The molecule has 0 aliphatic carbocycles. The predicted octanol–water partition coefficient (Wildman–Crippen LogP) is 5.04. The van der Waals surface area contributed by atoms with E-state index in [1.165, 1.54) is 0 Å². The van der Waals surface area contributed by atoms with Crippen molar-refractivity contribution in [2.24, 2.45) is 0 Å². The fourth-order valence-electron chi connectivity index (χ4n) is 4.52. The minimum absolute atomic E-state index is 0.0864. The third kappa shape index (κ3) is 3.65. The second kappa shape index (κ2) is 8.94. The molecule has 2 heterocycles. The van der Waals surface area contributed by atoms with Gasteiger partial charge in [0.15, 0.2) is 11.5 Å². The van der Waals surface area contributed by atoms with Gasteiger partial charge >= 0.3 is 0 Å². The Morgan fingerprint density at radius 3 is 2.32 bits per heavy atom. The normalized spacial score (nSPS) is 14.8. The average Bonchev–Trinajstić information content (AvgIpc) is 3.27. The minimum atomic E-state index is -0.268. The number of carbonyl (C=O) groups is 1. The van der Waals surface area contributed by atoms with Crippen LogP contribution in [0.2, 0.25) is 0 Å². The largest absolute Gasteiger partial charge is 0.497 e. The highest BCUT2D eigenvalue weighted by atomic mass is 16.5. The molecule has 1 aliphatic rings. The number of fused-ring (bicyclic) bond motifs is 1. The van der Waals surface area contributed by atoms with Gasteiger partial charge in [0.2, 0.25) is 5.91 Å². The molecule has 0 saturated carbocycles. The highest BCUT2D eigenvalue weighted by Crippen LogP contribution is 2.48. The van der Waals surface area contributed by atoms with Crippen molar-refractivity contribution in [3.05, 3.63) is 83.9 Å². The molecule has 0 radical (unpaired) electrons. The number of ether oxygens (including phenoxy) is 3. The maximum absolute atomic E-state index is 12.9. The lowest BCUT2D eigenvalue weighted by Crippen LogP contribution is -2.25. The van der Waals surface area contributed by atoms with E-state index >= 15 is 0 Å². The van der Waals surface area contributed by atoms with Crippen molar-refractivity contribution in [2.45, 2.75) is 12.3 Å². The van der Waals surface area contributed by atoms with Crippen LogP contribution < -0.4 is 19.5 Å². The van der Waals surface area contributed by atoms with Crippen molar-refractivity contribution in [1.29, 1.82) is 0 Å². The van der Waals surface area contributed by atoms with Crippen LogP contribution in [0.1, 0.15) is 23.5 Å². The predicted molar refractivity (Wildman–Crippen MR) is 130 cm³/mol. The number of rotatable bonds is 6. The van der Waals surface area contributed by atoms with E-state index < -0.39 is 0 Å². The molecule has 172 valence electrons. The van der Waals surface area contributed by atoms with Gasteiger partial charge in [-0.15, -0.1) is 0 Å². The van der Waals surface area contributed by atoms with Crippen LogP contribution >= 0.6 is 0 Å². The van der Waals surface area contributed by atoms with Crippen molar-refractivity contribution in [3.8, 4) is 34.2 Å². The van der Waals surface area contributed by atoms with Crippen LogP contribution in [0.25, 0.3) is 16.9 Å². The Morgan fingerprint density at radius 2 is 1.65 bits per heavy atom. The molecule has 34 heavy (non-hydrogen) atoms. The van der Waals surface area contributed by atoms with Gasteiger partial charge in [0.05, 0.1) is 32.7 Å². The van der Waals surface area contributed by atoms with Crippen LogP contribution in [0.4, 0.5) is 5.82 Å². The molecule has 7 nitrogen and oxygen atoms in total. The smallest absolute Gasteiger partial charge is 0.226 e. The summed E-state index contributed by atoms with van der Waals surface area (Å²) in [5.74, 6) is 2.28. The van der Waals surface area contributed by atoms with Gasteiger partial charge in [-0.1, -0.05) is 42.5 Å². The molecule has 1 N–H and O–H groups in total. The minimum Gasteiger partial charge on any atom is -0.497 e. The zero-order valence-corrected chi connectivity index (χ0v) is 19.2. The van der Waals surface area contributed by atoms with Gasteiger partial charge < -0.3 is 19.5 Å².